The molecule has 108 valence electrons. The smallest absolute Gasteiger partial charge is 0.137 e. The van der Waals surface area contributed by atoms with Crippen LogP contribution in [-0.2, 0) is 0 Å². The fourth-order valence-corrected chi connectivity index (χ4v) is 2.06. The Labute approximate surface area is 122 Å². The summed E-state index contributed by atoms with van der Waals surface area (Å²) in [5.74, 6) is 0.792. The Morgan fingerprint density at radius 3 is 2.53 bits per heavy atom. The maximum atomic E-state index is 6.11. The summed E-state index contributed by atoms with van der Waals surface area (Å²) < 4.78 is 5.69. The first-order chi connectivity index (χ1) is 8.88. The molecule has 1 aromatic carbocycles. The van der Waals surface area contributed by atoms with E-state index >= 15 is 0 Å². The molecule has 0 bridgehead atoms. The lowest BCUT2D eigenvalue weighted by Crippen LogP contribution is -2.36. The number of ether oxygens (including phenoxy) is 1. The number of aryl methyl sites for hydroxylation is 1. The minimum Gasteiger partial charge on any atom is -0.492 e. The van der Waals surface area contributed by atoms with Gasteiger partial charge < -0.3 is 10.1 Å². The maximum Gasteiger partial charge on any atom is 0.137 e. The third-order valence-corrected chi connectivity index (χ3v) is 3.12. The molecule has 0 radical (unpaired) electrons. The molecular weight excluding hydrogens is 258 g/mol. The summed E-state index contributed by atoms with van der Waals surface area (Å²) in [7, 11) is 0. The Morgan fingerprint density at radius 1 is 1.16 bits per heavy atom. The molecule has 1 rings (SSSR count). The van der Waals surface area contributed by atoms with Crippen LogP contribution in [0.15, 0.2) is 18.2 Å². The van der Waals surface area contributed by atoms with Gasteiger partial charge in [0.1, 0.15) is 5.75 Å². The van der Waals surface area contributed by atoms with E-state index in [1.54, 1.807) is 0 Å². The molecule has 0 aliphatic rings. The third kappa shape index (κ3) is 7.44. The van der Waals surface area contributed by atoms with Crippen molar-refractivity contribution in [3.63, 3.8) is 0 Å². The number of hydrogen-bond donors (Lipinski definition) is 1. The van der Waals surface area contributed by atoms with E-state index in [1.807, 2.05) is 25.1 Å². The van der Waals surface area contributed by atoms with Gasteiger partial charge >= 0.3 is 0 Å². The first-order valence-electron chi connectivity index (χ1n) is 7.02. The maximum absolute atomic E-state index is 6.11. The van der Waals surface area contributed by atoms with Gasteiger partial charge in [0, 0.05) is 5.54 Å². The summed E-state index contributed by atoms with van der Waals surface area (Å²) in [6, 6.07) is 5.90. The molecular formula is C16H26ClNO. The van der Waals surface area contributed by atoms with Gasteiger partial charge in [-0.15, -0.1) is 0 Å². The highest BCUT2D eigenvalue weighted by molar-refractivity contribution is 6.32. The molecule has 19 heavy (non-hydrogen) atoms. The molecule has 3 heteroatoms. The Kier molecular flexibility index (Phi) is 6.67. The van der Waals surface area contributed by atoms with Crippen LogP contribution in [0.25, 0.3) is 0 Å². The van der Waals surface area contributed by atoms with Crippen molar-refractivity contribution in [3.05, 3.63) is 28.8 Å². The molecule has 0 saturated carbocycles. The normalized spacial score (nSPS) is 11.6. The highest BCUT2D eigenvalue weighted by atomic mass is 35.5. The number of rotatable bonds is 7. The Morgan fingerprint density at radius 2 is 1.89 bits per heavy atom. The van der Waals surface area contributed by atoms with Crippen molar-refractivity contribution in [2.45, 2.75) is 52.5 Å². The van der Waals surface area contributed by atoms with Gasteiger partial charge in [-0.3, -0.25) is 0 Å². The van der Waals surface area contributed by atoms with E-state index in [9.17, 15) is 0 Å². The van der Waals surface area contributed by atoms with Gasteiger partial charge in [0.05, 0.1) is 11.6 Å². The van der Waals surface area contributed by atoms with Crippen LogP contribution in [-0.4, -0.2) is 18.7 Å². The molecule has 0 aromatic heterocycles. The van der Waals surface area contributed by atoms with Gasteiger partial charge in [-0.2, -0.15) is 0 Å². The van der Waals surface area contributed by atoms with E-state index in [0.717, 1.165) is 30.9 Å². The van der Waals surface area contributed by atoms with Crippen LogP contribution >= 0.6 is 11.6 Å². The molecule has 0 unspecified atom stereocenters. The number of benzene rings is 1. The zero-order valence-corrected chi connectivity index (χ0v) is 13.3. The molecule has 1 aromatic rings. The van der Waals surface area contributed by atoms with Crippen molar-refractivity contribution in [1.29, 1.82) is 0 Å². The lowest BCUT2D eigenvalue weighted by Gasteiger charge is -2.20. The minimum atomic E-state index is 0.214. The van der Waals surface area contributed by atoms with Gasteiger partial charge in [0.2, 0.25) is 0 Å². The lowest BCUT2D eigenvalue weighted by molar-refractivity contribution is 0.303. The quantitative estimate of drug-likeness (QED) is 0.739. The van der Waals surface area contributed by atoms with Gasteiger partial charge in [-0.05, 0) is 71.2 Å². The average molecular weight is 284 g/mol. The van der Waals surface area contributed by atoms with Crippen molar-refractivity contribution in [3.8, 4) is 5.75 Å². The minimum absolute atomic E-state index is 0.214. The molecule has 0 heterocycles. The van der Waals surface area contributed by atoms with Gasteiger partial charge in [0.25, 0.3) is 0 Å². The number of unbranched alkanes of at least 4 members (excludes halogenated alkanes) is 2. The zero-order chi connectivity index (χ0) is 14.3. The lowest BCUT2D eigenvalue weighted by atomic mass is 10.1. The molecule has 0 aliphatic carbocycles. The molecule has 0 saturated heterocycles. The van der Waals surface area contributed by atoms with E-state index in [4.69, 9.17) is 16.3 Å². The molecule has 0 spiro atoms. The molecule has 1 N–H and O–H groups in total. The molecule has 2 nitrogen and oxygen atoms in total. The van der Waals surface area contributed by atoms with Crippen LogP contribution in [0, 0.1) is 6.92 Å². The van der Waals surface area contributed by atoms with Crippen LogP contribution in [0.2, 0.25) is 5.02 Å². The molecule has 0 atom stereocenters. The monoisotopic (exact) mass is 283 g/mol. The fourth-order valence-electron chi connectivity index (χ4n) is 1.77. The molecule has 0 fully saturated rings. The van der Waals surface area contributed by atoms with E-state index in [1.165, 1.54) is 12.8 Å². The van der Waals surface area contributed by atoms with Crippen molar-refractivity contribution in [2.24, 2.45) is 0 Å². The second-order valence-electron chi connectivity index (χ2n) is 6.02. The van der Waals surface area contributed by atoms with Crippen LogP contribution < -0.4 is 10.1 Å². The zero-order valence-electron chi connectivity index (χ0n) is 12.6. The number of hydrogen-bond acceptors (Lipinski definition) is 2. The van der Waals surface area contributed by atoms with Gasteiger partial charge in [-0.25, -0.2) is 0 Å². The SMILES string of the molecule is Cc1ccc(OCCCCCNC(C)(C)C)c(Cl)c1. The second-order valence-corrected chi connectivity index (χ2v) is 6.43. The Balaban J connectivity index is 2.11. The highest BCUT2D eigenvalue weighted by Crippen LogP contribution is 2.25. The fraction of sp³-hybridized carbons (Fsp3) is 0.625. The van der Waals surface area contributed by atoms with Crippen molar-refractivity contribution in [2.75, 3.05) is 13.2 Å². The third-order valence-electron chi connectivity index (χ3n) is 2.82. The number of nitrogens with one attached hydrogen (secondary N) is 1. The van der Waals surface area contributed by atoms with Gasteiger partial charge in [-0.1, -0.05) is 17.7 Å². The van der Waals surface area contributed by atoms with E-state index in [-0.39, 0.29) is 5.54 Å². The summed E-state index contributed by atoms with van der Waals surface area (Å²) in [5.41, 5.74) is 1.37. The van der Waals surface area contributed by atoms with Gasteiger partial charge in [0.15, 0.2) is 0 Å². The summed E-state index contributed by atoms with van der Waals surface area (Å²) in [6.45, 7) is 10.4. The standard InChI is InChI=1S/C16H26ClNO/c1-13-8-9-15(14(17)12-13)19-11-7-5-6-10-18-16(2,3)4/h8-9,12,18H,5-7,10-11H2,1-4H3. The largest absolute Gasteiger partial charge is 0.492 e. The summed E-state index contributed by atoms with van der Waals surface area (Å²) in [6.07, 6.45) is 3.42. The molecule has 0 amide bonds. The average Bonchev–Trinajstić information content (AvgIpc) is 2.29. The van der Waals surface area contributed by atoms with Crippen LogP contribution in [0.1, 0.15) is 45.6 Å². The topological polar surface area (TPSA) is 21.3 Å². The van der Waals surface area contributed by atoms with Crippen LogP contribution in [0.5, 0.6) is 5.75 Å². The first kappa shape index (κ1) is 16.3. The summed E-state index contributed by atoms with van der Waals surface area (Å²) in [4.78, 5) is 0. The van der Waals surface area contributed by atoms with Crippen molar-refractivity contribution in [1.82, 2.24) is 5.32 Å². The van der Waals surface area contributed by atoms with E-state index < -0.39 is 0 Å². The number of halogens is 1. The second kappa shape index (κ2) is 7.76. The Bertz CT molecular complexity index is 385. The van der Waals surface area contributed by atoms with Crippen molar-refractivity contribution < 1.29 is 4.74 Å². The van der Waals surface area contributed by atoms with Crippen molar-refractivity contribution >= 4 is 11.6 Å². The van der Waals surface area contributed by atoms with Crippen LogP contribution in [0.4, 0.5) is 0 Å². The highest BCUT2D eigenvalue weighted by Gasteiger charge is 2.07. The molecule has 0 aliphatic heterocycles. The Hall–Kier alpha value is -0.730. The predicted octanol–water partition coefficient (Wildman–Crippen LogP) is 4.59. The summed E-state index contributed by atoms with van der Waals surface area (Å²) >= 11 is 6.11. The first-order valence-corrected chi connectivity index (χ1v) is 7.40. The van der Waals surface area contributed by atoms with E-state index in [0.29, 0.717) is 5.02 Å². The van der Waals surface area contributed by atoms with E-state index in [2.05, 4.69) is 26.1 Å². The summed E-state index contributed by atoms with van der Waals surface area (Å²) in [5, 5.41) is 4.19. The predicted molar refractivity (Wildman–Crippen MR) is 83.3 cm³/mol. The van der Waals surface area contributed by atoms with Crippen LogP contribution in [0.3, 0.4) is 0 Å².